The minimum absolute atomic E-state index is 0.244. The Bertz CT molecular complexity index is 755. The van der Waals surface area contributed by atoms with Crippen molar-refractivity contribution in [2.75, 3.05) is 18.5 Å². The van der Waals surface area contributed by atoms with Crippen LogP contribution >= 0.6 is 0 Å². The van der Waals surface area contributed by atoms with Crippen molar-refractivity contribution in [2.24, 2.45) is 0 Å². The fourth-order valence-corrected chi connectivity index (χ4v) is 5.44. The summed E-state index contributed by atoms with van der Waals surface area (Å²) in [5, 5.41) is 5.79. The zero-order valence-electron chi connectivity index (χ0n) is 21.3. The largest absolute Gasteiger partial charge is 0.373 e. The summed E-state index contributed by atoms with van der Waals surface area (Å²) in [6.45, 7) is 3.27. The lowest BCUT2D eigenvalue weighted by Gasteiger charge is -2.34. The molecule has 4 atom stereocenters. The average molecular weight is 489 g/mol. The molecule has 4 rings (SSSR count). The Hall–Kier alpha value is -1.67. The Morgan fingerprint density at radius 2 is 1.69 bits per heavy atom. The predicted molar refractivity (Wildman–Crippen MR) is 136 cm³/mol. The third kappa shape index (κ3) is 7.66. The van der Waals surface area contributed by atoms with Gasteiger partial charge in [0.15, 0.2) is 12.1 Å². The first-order valence-electron chi connectivity index (χ1n) is 13.9. The number of unbranched alkanes of at least 4 members (excludes halogenated alkanes) is 7. The summed E-state index contributed by atoms with van der Waals surface area (Å²) in [6, 6.07) is 9.16. The van der Waals surface area contributed by atoms with E-state index in [1.807, 2.05) is 30.3 Å². The first-order chi connectivity index (χ1) is 17.2. The van der Waals surface area contributed by atoms with E-state index in [0.717, 1.165) is 37.8 Å². The second-order valence-corrected chi connectivity index (χ2v) is 10.2. The van der Waals surface area contributed by atoms with Crippen molar-refractivity contribution in [3.05, 3.63) is 30.3 Å². The Balaban J connectivity index is 1.25. The number of hydrogen-bond donors (Lipinski definition) is 2. The number of para-hydroxylation sites is 1. The molecule has 0 aromatic heterocycles. The minimum Gasteiger partial charge on any atom is -0.373 e. The lowest BCUT2D eigenvalue weighted by atomic mass is 9.94. The highest BCUT2D eigenvalue weighted by molar-refractivity contribution is 5.89. The number of benzene rings is 1. The van der Waals surface area contributed by atoms with Gasteiger partial charge >= 0.3 is 6.03 Å². The molecule has 2 saturated heterocycles. The Morgan fingerprint density at radius 3 is 2.43 bits per heavy atom. The molecule has 2 amide bonds. The first-order valence-corrected chi connectivity index (χ1v) is 13.9. The van der Waals surface area contributed by atoms with Crippen LogP contribution in [0.15, 0.2) is 30.3 Å². The van der Waals surface area contributed by atoms with E-state index in [4.69, 9.17) is 18.9 Å². The molecular weight excluding hydrogens is 444 g/mol. The molecule has 3 aliphatic rings. The SMILES string of the molecule is CCCCCCCCCCO[C@@H]1[C@H]2OC3(CCCCC3)O[C@H]2O[C@@H]1CNC(=O)Nc1ccccc1. The van der Waals surface area contributed by atoms with E-state index < -0.39 is 12.1 Å². The fourth-order valence-electron chi connectivity index (χ4n) is 5.44. The number of rotatable bonds is 13. The molecule has 7 heteroatoms. The maximum absolute atomic E-state index is 12.4. The lowest BCUT2D eigenvalue weighted by Crippen LogP contribution is -2.45. The highest BCUT2D eigenvalue weighted by atomic mass is 16.8. The fraction of sp³-hybridized carbons (Fsp3) is 0.750. The number of ether oxygens (including phenoxy) is 4. The van der Waals surface area contributed by atoms with Crippen LogP contribution in [-0.2, 0) is 18.9 Å². The molecule has 0 radical (unpaired) electrons. The van der Waals surface area contributed by atoms with Crippen LogP contribution < -0.4 is 10.6 Å². The van der Waals surface area contributed by atoms with E-state index in [1.54, 1.807) is 0 Å². The van der Waals surface area contributed by atoms with Gasteiger partial charge in [0, 0.05) is 31.7 Å². The zero-order chi connectivity index (χ0) is 24.3. The predicted octanol–water partition coefficient (Wildman–Crippen LogP) is 6.13. The van der Waals surface area contributed by atoms with Crippen LogP contribution in [0, 0.1) is 0 Å². The molecule has 2 N–H and O–H groups in total. The number of nitrogens with one attached hydrogen (secondary N) is 2. The van der Waals surface area contributed by atoms with Crippen LogP contribution in [-0.4, -0.2) is 49.6 Å². The van der Waals surface area contributed by atoms with Crippen LogP contribution in [0.3, 0.4) is 0 Å². The summed E-state index contributed by atoms with van der Waals surface area (Å²) >= 11 is 0. The number of carbonyl (C=O) groups is 1. The molecule has 1 saturated carbocycles. The Kier molecular flexibility index (Phi) is 10.2. The highest BCUT2D eigenvalue weighted by Gasteiger charge is 2.58. The lowest BCUT2D eigenvalue weighted by molar-refractivity contribution is -0.247. The van der Waals surface area contributed by atoms with Gasteiger partial charge in [-0.15, -0.1) is 0 Å². The minimum atomic E-state index is -0.517. The average Bonchev–Trinajstić information content (AvgIpc) is 3.36. The molecule has 1 aliphatic carbocycles. The molecule has 7 nitrogen and oxygen atoms in total. The van der Waals surface area contributed by atoms with Gasteiger partial charge in [-0.2, -0.15) is 0 Å². The zero-order valence-corrected chi connectivity index (χ0v) is 21.3. The third-order valence-corrected chi connectivity index (χ3v) is 7.37. The van der Waals surface area contributed by atoms with Crippen LogP contribution in [0.5, 0.6) is 0 Å². The van der Waals surface area contributed by atoms with Crippen molar-refractivity contribution in [1.29, 1.82) is 0 Å². The normalized spacial score (nSPS) is 27.1. The van der Waals surface area contributed by atoms with Crippen LogP contribution in [0.4, 0.5) is 10.5 Å². The smallest absolute Gasteiger partial charge is 0.319 e. The van der Waals surface area contributed by atoms with Crippen molar-refractivity contribution in [2.45, 2.75) is 121 Å². The van der Waals surface area contributed by atoms with Gasteiger partial charge in [-0.1, -0.05) is 76.5 Å². The topological polar surface area (TPSA) is 78.1 Å². The van der Waals surface area contributed by atoms with Crippen LogP contribution in [0.25, 0.3) is 0 Å². The maximum atomic E-state index is 12.4. The van der Waals surface area contributed by atoms with Gasteiger partial charge in [0.25, 0.3) is 0 Å². The van der Waals surface area contributed by atoms with E-state index in [-0.39, 0.29) is 24.3 Å². The Labute approximate surface area is 210 Å². The molecule has 1 spiro atoms. The van der Waals surface area contributed by atoms with Crippen LogP contribution in [0.1, 0.15) is 90.4 Å². The van der Waals surface area contributed by atoms with Crippen molar-refractivity contribution in [3.63, 3.8) is 0 Å². The van der Waals surface area contributed by atoms with Gasteiger partial charge in [0.05, 0.1) is 0 Å². The number of urea groups is 1. The van der Waals surface area contributed by atoms with Gasteiger partial charge in [-0.25, -0.2) is 4.79 Å². The highest BCUT2D eigenvalue weighted by Crippen LogP contribution is 2.45. The standard InChI is InChI=1S/C28H44N2O5/c1-2-3-4-5-6-7-8-15-20-32-24-23(21-29-27(31)30-22-16-11-9-12-17-22)33-26-25(24)34-28(35-26)18-13-10-14-19-28/h9,11-12,16-17,23-26H,2-8,10,13-15,18-21H2,1H3,(H2,29,30,31)/t23-,24+,25-,26-/m1/s1. The van der Waals surface area contributed by atoms with E-state index in [2.05, 4.69) is 17.6 Å². The van der Waals surface area contributed by atoms with Crippen molar-refractivity contribution in [1.82, 2.24) is 5.32 Å². The molecule has 3 fully saturated rings. The number of fused-ring (bicyclic) bond motifs is 1. The van der Waals surface area contributed by atoms with Crippen molar-refractivity contribution >= 4 is 11.7 Å². The molecule has 0 bridgehead atoms. The van der Waals surface area contributed by atoms with E-state index in [9.17, 15) is 4.79 Å². The van der Waals surface area contributed by atoms with E-state index in [0.29, 0.717) is 13.2 Å². The summed E-state index contributed by atoms with van der Waals surface area (Å²) in [5.41, 5.74) is 0.752. The third-order valence-electron chi connectivity index (χ3n) is 7.37. The number of amides is 2. The van der Waals surface area contributed by atoms with E-state index in [1.165, 1.54) is 51.4 Å². The van der Waals surface area contributed by atoms with Gasteiger partial charge in [-0.05, 0) is 31.4 Å². The second kappa shape index (κ2) is 13.6. The molecule has 2 heterocycles. The van der Waals surface area contributed by atoms with Crippen molar-refractivity contribution in [3.8, 4) is 0 Å². The summed E-state index contributed by atoms with van der Waals surface area (Å²) in [4.78, 5) is 12.4. The summed E-state index contributed by atoms with van der Waals surface area (Å²) in [6.07, 6.45) is 14.2. The first kappa shape index (κ1) is 26.4. The quantitative estimate of drug-likeness (QED) is 0.326. The molecular formula is C28H44N2O5. The monoisotopic (exact) mass is 488 g/mol. The molecule has 1 aromatic rings. The molecule has 35 heavy (non-hydrogen) atoms. The second-order valence-electron chi connectivity index (χ2n) is 10.2. The maximum Gasteiger partial charge on any atom is 0.319 e. The number of anilines is 1. The summed E-state index contributed by atoms with van der Waals surface area (Å²) < 4.78 is 25.4. The molecule has 1 aromatic carbocycles. The molecule has 0 unspecified atom stereocenters. The van der Waals surface area contributed by atoms with Gasteiger partial charge in [-0.3, -0.25) is 0 Å². The summed E-state index contributed by atoms with van der Waals surface area (Å²) in [7, 11) is 0. The summed E-state index contributed by atoms with van der Waals surface area (Å²) in [5.74, 6) is -0.517. The van der Waals surface area contributed by atoms with Crippen molar-refractivity contribution < 1.29 is 23.7 Å². The van der Waals surface area contributed by atoms with Crippen LogP contribution in [0.2, 0.25) is 0 Å². The van der Waals surface area contributed by atoms with Gasteiger partial charge in [0.1, 0.15) is 18.3 Å². The van der Waals surface area contributed by atoms with Gasteiger partial charge in [0.2, 0.25) is 0 Å². The molecule has 2 aliphatic heterocycles. The van der Waals surface area contributed by atoms with E-state index >= 15 is 0 Å². The number of hydrogen-bond acceptors (Lipinski definition) is 5. The Morgan fingerprint density at radius 1 is 0.971 bits per heavy atom. The number of carbonyl (C=O) groups excluding carboxylic acids is 1. The molecule has 196 valence electrons. The van der Waals surface area contributed by atoms with Gasteiger partial charge < -0.3 is 29.6 Å².